The molecule has 0 atom stereocenters. The number of nitrogens with zero attached hydrogens (tertiary/aromatic N) is 2. The zero-order valence-electron chi connectivity index (χ0n) is 11.7. The molecule has 1 aliphatic rings. The summed E-state index contributed by atoms with van der Waals surface area (Å²) in [6.45, 7) is 0. The van der Waals surface area contributed by atoms with Gasteiger partial charge in [-0.15, -0.1) is 24.2 Å². The number of ether oxygens (including phenoxy) is 1. The summed E-state index contributed by atoms with van der Waals surface area (Å²) in [7, 11) is 1.66. The summed E-state index contributed by atoms with van der Waals surface area (Å²) in [6.07, 6.45) is 3.02. The molecular formula is C14H18ClN3O2S. The van der Waals surface area contributed by atoms with Gasteiger partial charge in [0.25, 0.3) is 0 Å². The van der Waals surface area contributed by atoms with Crippen molar-refractivity contribution in [3.05, 3.63) is 36.0 Å². The number of thioether (sulfide) groups is 1. The van der Waals surface area contributed by atoms with E-state index in [9.17, 15) is 0 Å². The lowest BCUT2D eigenvalue weighted by atomic mass is 9.77. The predicted molar refractivity (Wildman–Crippen MR) is 83.8 cm³/mol. The molecule has 7 heteroatoms. The monoisotopic (exact) mass is 327 g/mol. The van der Waals surface area contributed by atoms with Crippen LogP contribution in [0.3, 0.4) is 0 Å². The first-order valence-corrected chi connectivity index (χ1v) is 7.57. The largest absolute Gasteiger partial charge is 0.497 e. The van der Waals surface area contributed by atoms with Gasteiger partial charge in [-0.05, 0) is 43.5 Å². The molecule has 1 saturated carbocycles. The molecule has 0 saturated heterocycles. The lowest BCUT2D eigenvalue weighted by molar-refractivity contribution is 0.229. The summed E-state index contributed by atoms with van der Waals surface area (Å²) in [5.74, 6) is 2.77. The molecule has 2 N–H and O–H groups in total. The van der Waals surface area contributed by atoms with Gasteiger partial charge < -0.3 is 15.0 Å². The van der Waals surface area contributed by atoms with Gasteiger partial charge in [0.05, 0.1) is 18.4 Å². The molecule has 0 aliphatic heterocycles. The van der Waals surface area contributed by atoms with Gasteiger partial charge >= 0.3 is 0 Å². The molecule has 1 aliphatic carbocycles. The Morgan fingerprint density at radius 2 is 2.05 bits per heavy atom. The third-order valence-corrected chi connectivity index (χ3v) is 4.58. The summed E-state index contributed by atoms with van der Waals surface area (Å²) >= 11 is 1.65. The standard InChI is InChI=1S/C14H17N3O2S.ClH/c1-18-10-3-5-11(6-4-10)20-9-12-16-13(17-19-12)14(15)7-2-8-14;/h3-6H,2,7-9,15H2,1H3;1H. The molecule has 114 valence electrons. The van der Waals surface area contributed by atoms with E-state index in [1.54, 1.807) is 18.9 Å². The highest BCUT2D eigenvalue weighted by atomic mass is 35.5. The number of rotatable bonds is 5. The molecule has 0 radical (unpaired) electrons. The number of benzene rings is 1. The summed E-state index contributed by atoms with van der Waals surface area (Å²) in [4.78, 5) is 5.54. The first-order valence-electron chi connectivity index (χ1n) is 6.58. The topological polar surface area (TPSA) is 74.2 Å². The molecule has 0 unspecified atom stereocenters. The highest BCUT2D eigenvalue weighted by Crippen LogP contribution is 2.37. The Morgan fingerprint density at radius 3 is 2.62 bits per heavy atom. The Morgan fingerprint density at radius 1 is 1.33 bits per heavy atom. The van der Waals surface area contributed by atoms with Crippen LogP contribution < -0.4 is 10.5 Å². The fraction of sp³-hybridized carbons (Fsp3) is 0.429. The van der Waals surface area contributed by atoms with Crippen LogP contribution in [0.2, 0.25) is 0 Å². The number of nitrogens with two attached hydrogens (primary N) is 1. The smallest absolute Gasteiger partial charge is 0.237 e. The number of halogens is 1. The minimum absolute atomic E-state index is 0. The quantitative estimate of drug-likeness (QED) is 0.850. The summed E-state index contributed by atoms with van der Waals surface area (Å²) < 4.78 is 10.4. The number of hydrogen-bond donors (Lipinski definition) is 1. The van der Waals surface area contributed by atoms with Gasteiger partial charge in [-0.1, -0.05) is 5.16 Å². The first kappa shape index (κ1) is 16.1. The minimum atomic E-state index is -0.355. The summed E-state index contributed by atoms with van der Waals surface area (Å²) in [5, 5.41) is 4.01. The van der Waals surface area contributed by atoms with Crippen molar-refractivity contribution < 1.29 is 9.26 Å². The van der Waals surface area contributed by atoms with E-state index in [0.717, 1.165) is 29.9 Å². The van der Waals surface area contributed by atoms with Crippen LogP contribution in [0.4, 0.5) is 0 Å². The lowest BCUT2D eigenvalue weighted by Gasteiger charge is -2.34. The van der Waals surface area contributed by atoms with Gasteiger partial charge in [-0.2, -0.15) is 4.98 Å². The minimum Gasteiger partial charge on any atom is -0.497 e. The Hall–Kier alpha value is -1.24. The molecule has 21 heavy (non-hydrogen) atoms. The van der Waals surface area contributed by atoms with Crippen molar-refractivity contribution in [2.45, 2.75) is 35.4 Å². The van der Waals surface area contributed by atoms with Crippen LogP contribution in [-0.2, 0) is 11.3 Å². The van der Waals surface area contributed by atoms with E-state index in [0.29, 0.717) is 17.5 Å². The molecule has 1 heterocycles. The van der Waals surface area contributed by atoms with E-state index >= 15 is 0 Å². The van der Waals surface area contributed by atoms with Crippen LogP contribution in [0, 0.1) is 0 Å². The second-order valence-electron chi connectivity index (χ2n) is 4.99. The van der Waals surface area contributed by atoms with Crippen LogP contribution >= 0.6 is 24.2 Å². The van der Waals surface area contributed by atoms with E-state index in [-0.39, 0.29) is 17.9 Å². The maximum Gasteiger partial charge on any atom is 0.237 e. The third-order valence-electron chi connectivity index (χ3n) is 3.58. The highest BCUT2D eigenvalue weighted by molar-refractivity contribution is 7.98. The molecule has 1 fully saturated rings. The molecule has 1 aromatic carbocycles. The molecule has 2 aromatic rings. The zero-order valence-corrected chi connectivity index (χ0v) is 13.4. The van der Waals surface area contributed by atoms with Crippen LogP contribution in [0.25, 0.3) is 0 Å². The van der Waals surface area contributed by atoms with E-state index in [4.69, 9.17) is 15.0 Å². The van der Waals surface area contributed by atoms with Gasteiger partial charge in [0.2, 0.25) is 5.89 Å². The third kappa shape index (κ3) is 3.51. The molecule has 0 spiro atoms. The number of methoxy groups -OCH3 is 1. The fourth-order valence-electron chi connectivity index (χ4n) is 2.11. The van der Waals surface area contributed by atoms with E-state index < -0.39 is 0 Å². The van der Waals surface area contributed by atoms with Crippen molar-refractivity contribution in [3.63, 3.8) is 0 Å². The van der Waals surface area contributed by atoms with Crippen molar-refractivity contribution in [2.75, 3.05) is 7.11 Å². The molecule has 0 amide bonds. The Labute approximate surface area is 134 Å². The van der Waals surface area contributed by atoms with E-state index in [1.165, 1.54) is 0 Å². The van der Waals surface area contributed by atoms with E-state index in [2.05, 4.69) is 10.1 Å². The van der Waals surface area contributed by atoms with Gasteiger partial charge in [-0.25, -0.2) is 0 Å². The maximum atomic E-state index is 6.17. The van der Waals surface area contributed by atoms with Gasteiger partial charge in [0.15, 0.2) is 5.82 Å². The zero-order chi connectivity index (χ0) is 14.0. The normalized spacial score (nSPS) is 15.9. The van der Waals surface area contributed by atoms with Crippen LogP contribution in [0.5, 0.6) is 5.75 Å². The number of hydrogen-bond acceptors (Lipinski definition) is 6. The second-order valence-corrected chi connectivity index (χ2v) is 6.03. The van der Waals surface area contributed by atoms with Crippen molar-refractivity contribution >= 4 is 24.2 Å². The molecule has 1 aromatic heterocycles. The Balaban J connectivity index is 0.00000161. The van der Waals surface area contributed by atoms with Crippen LogP contribution in [-0.4, -0.2) is 17.3 Å². The molecule has 0 bridgehead atoms. The van der Waals surface area contributed by atoms with Crippen molar-refractivity contribution in [1.29, 1.82) is 0 Å². The Kier molecular flexibility index (Phi) is 5.13. The van der Waals surface area contributed by atoms with Crippen molar-refractivity contribution in [3.8, 4) is 5.75 Å². The first-order chi connectivity index (χ1) is 9.69. The average Bonchev–Trinajstić information content (AvgIpc) is 2.92. The predicted octanol–water partition coefficient (Wildman–Crippen LogP) is 3.13. The fourth-order valence-corrected chi connectivity index (χ4v) is 2.85. The second kappa shape index (κ2) is 6.68. The van der Waals surface area contributed by atoms with Crippen LogP contribution in [0.1, 0.15) is 31.0 Å². The van der Waals surface area contributed by atoms with Crippen LogP contribution in [0.15, 0.2) is 33.7 Å². The van der Waals surface area contributed by atoms with Gasteiger partial charge in [-0.3, -0.25) is 0 Å². The summed E-state index contributed by atoms with van der Waals surface area (Å²) in [5.41, 5.74) is 5.82. The van der Waals surface area contributed by atoms with Crippen molar-refractivity contribution in [2.24, 2.45) is 5.73 Å². The molecule has 5 nitrogen and oxygen atoms in total. The summed E-state index contributed by atoms with van der Waals surface area (Å²) in [6, 6.07) is 7.89. The maximum absolute atomic E-state index is 6.17. The number of aromatic nitrogens is 2. The highest BCUT2D eigenvalue weighted by Gasteiger charge is 2.38. The SMILES string of the molecule is COc1ccc(SCc2nc(C3(N)CCC3)no2)cc1.Cl. The van der Waals surface area contributed by atoms with Gasteiger partial charge in [0, 0.05) is 4.90 Å². The van der Waals surface area contributed by atoms with E-state index in [1.807, 2.05) is 24.3 Å². The molecule has 3 rings (SSSR count). The van der Waals surface area contributed by atoms with Crippen molar-refractivity contribution in [1.82, 2.24) is 10.1 Å². The lowest BCUT2D eigenvalue weighted by Crippen LogP contribution is -2.44. The molecular weight excluding hydrogens is 310 g/mol. The Bertz CT molecular complexity index is 584. The average molecular weight is 328 g/mol. The van der Waals surface area contributed by atoms with Gasteiger partial charge in [0.1, 0.15) is 5.75 Å².